The summed E-state index contributed by atoms with van der Waals surface area (Å²) in [6.45, 7) is 3.30. The second-order valence-electron chi connectivity index (χ2n) is 7.24. The van der Waals surface area contributed by atoms with Crippen molar-refractivity contribution < 1.29 is 18.8 Å². The van der Waals surface area contributed by atoms with E-state index in [4.69, 9.17) is 11.6 Å². The van der Waals surface area contributed by atoms with Gasteiger partial charge < -0.3 is 15.1 Å². The summed E-state index contributed by atoms with van der Waals surface area (Å²) in [5.74, 6) is -1.08. The van der Waals surface area contributed by atoms with Gasteiger partial charge in [0.15, 0.2) is 0 Å². The van der Waals surface area contributed by atoms with Crippen LogP contribution in [0.5, 0.6) is 0 Å². The molecule has 0 saturated carbocycles. The van der Waals surface area contributed by atoms with Gasteiger partial charge in [-0.25, -0.2) is 4.39 Å². The van der Waals surface area contributed by atoms with E-state index < -0.39 is 5.82 Å². The van der Waals surface area contributed by atoms with Gasteiger partial charge in [0, 0.05) is 44.2 Å². The number of hydrogen-bond donors (Lipinski definition) is 1. The fraction of sp³-hybridized carbons (Fsp3) is 0.318. The lowest BCUT2D eigenvalue weighted by molar-refractivity contribution is -0.133. The molecule has 0 aliphatic carbocycles. The average Bonchev–Trinajstić information content (AvgIpc) is 2.74. The first kappa shape index (κ1) is 21.8. The van der Waals surface area contributed by atoms with Crippen molar-refractivity contribution in [2.45, 2.75) is 19.4 Å². The van der Waals surface area contributed by atoms with Gasteiger partial charge in [-0.2, -0.15) is 0 Å². The van der Waals surface area contributed by atoms with Crippen molar-refractivity contribution >= 4 is 29.3 Å². The molecule has 1 fully saturated rings. The first-order chi connectivity index (χ1) is 14.3. The zero-order chi connectivity index (χ0) is 21.7. The Morgan fingerprint density at radius 3 is 2.30 bits per heavy atom. The van der Waals surface area contributed by atoms with Crippen LogP contribution in [0.4, 0.5) is 4.39 Å². The maximum absolute atomic E-state index is 13.2. The van der Waals surface area contributed by atoms with Crippen LogP contribution in [0.25, 0.3) is 0 Å². The monoisotopic (exact) mass is 431 g/mol. The third-order valence-electron chi connectivity index (χ3n) is 4.98. The van der Waals surface area contributed by atoms with Crippen molar-refractivity contribution in [3.63, 3.8) is 0 Å². The second kappa shape index (κ2) is 9.71. The molecule has 2 aromatic rings. The molecule has 6 nitrogen and oxygen atoms in total. The molecule has 1 heterocycles. The van der Waals surface area contributed by atoms with Crippen LogP contribution in [0.15, 0.2) is 48.5 Å². The number of benzene rings is 2. The highest BCUT2D eigenvalue weighted by atomic mass is 35.5. The minimum absolute atomic E-state index is 0.0708. The summed E-state index contributed by atoms with van der Waals surface area (Å²) in [4.78, 5) is 40.7. The van der Waals surface area contributed by atoms with Crippen molar-refractivity contribution in [1.82, 2.24) is 15.1 Å². The van der Waals surface area contributed by atoms with E-state index in [-0.39, 0.29) is 40.8 Å². The highest BCUT2D eigenvalue weighted by Crippen LogP contribution is 2.20. The van der Waals surface area contributed by atoms with E-state index in [1.165, 1.54) is 12.1 Å². The van der Waals surface area contributed by atoms with Crippen LogP contribution in [-0.2, 0) is 4.79 Å². The van der Waals surface area contributed by atoms with Gasteiger partial charge in [0.1, 0.15) is 5.82 Å². The third-order valence-corrected chi connectivity index (χ3v) is 5.29. The summed E-state index contributed by atoms with van der Waals surface area (Å²) in [6.07, 6.45) is 0.177. The van der Waals surface area contributed by atoms with Gasteiger partial charge in [-0.1, -0.05) is 29.8 Å². The first-order valence-electron chi connectivity index (χ1n) is 9.73. The SMILES string of the molecule is CC(CC(=O)N1CCN(C(=O)c2ccc(F)cc2Cl)CC1)NC(=O)c1ccccc1. The van der Waals surface area contributed by atoms with E-state index in [9.17, 15) is 18.8 Å². The minimum atomic E-state index is -0.500. The van der Waals surface area contributed by atoms with Crippen LogP contribution in [-0.4, -0.2) is 59.7 Å². The molecule has 3 rings (SSSR count). The van der Waals surface area contributed by atoms with E-state index in [0.29, 0.717) is 31.7 Å². The largest absolute Gasteiger partial charge is 0.349 e. The number of nitrogens with zero attached hydrogens (tertiary/aromatic N) is 2. The third kappa shape index (κ3) is 5.36. The van der Waals surface area contributed by atoms with Crippen molar-refractivity contribution in [3.8, 4) is 0 Å². The molecule has 2 aromatic carbocycles. The number of piperazine rings is 1. The highest BCUT2D eigenvalue weighted by molar-refractivity contribution is 6.33. The molecule has 1 aliphatic heterocycles. The van der Waals surface area contributed by atoms with Gasteiger partial charge in [0.2, 0.25) is 5.91 Å². The summed E-state index contributed by atoms with van der Waals surface area (Å²) in [6, 6.07) is 12.2. The molecule has 0 radical (unpaired) electrons. The molecule has 1 aliphatic rings. The minimum Gasteiger partial charge on any atom is -0.349 e. The Kier molecular flexibility index (Phi) is 7.05. The molecular formula is C22H23ClFN3O3. The highest BCUT2D eigenvalue weighted by Gasteiger charge is 2.27. The quantitative estimate of drug-likeness (QED) is 0.791. The average molecular weight is 432 g/mol. The number of nitrogens with one attached hydrogen (secondary N) is 1. The Labute approximate surface area is 179 Å². The Bertz CT molecular complexity index is 930. The van der Waals surface area contributed by atoms with Crippen LogP contribution < -0.4 is 5.32 Å². The van der Waals surface area contributed by atoms with Crippen molar-refractivity contribution in [2.24, 2.45) is 0 Å². The van der Waals surface area contributed by atoms with Gasteiger partial charge in [-0.15, -0.1) is 0 Å². The van der Waals surface area contributed by atoms with Crippen LogP contribution >= 0.6 is 11.6 Å². The first-order valence-corrected chi connectivity index (χ1v) is 10.1. The van der Waals surface area contributed by atoms with E-state index >= 15 is 0 Å². The Hall–Kier alpha value is -2.93. The second-order valence-corrected chi connectivity index (χ2v) is 7.65. The maximum atomic E-state index is 13.2. The maximum Gasteiger partial charge on any atom is 0.255 e. The van der Waals surface area contributed by atoms with Gasteiger partial charge in [0.05, 0.1) is 10.6 Å². The lowest BCUT2D eigenvalue weighted by atomic mass is 10.1. The van der Waals surface area contributed by atoms with Crippen molar-refractivity contribution in [3.05, 3.63) is 70.5 Å². The molecule has 158 valence electrons. The van der Waals surface area contributed by atoms with Crippen LogP contribution in [0.3, 0.4) is 0 Å². The number of carbonyl (C=O) groups is 3. The number of hydrogen-bond acceptors (Lipinski definition) is 3. The predicted molar refractivity (Wildman–Crippen MR) is 112 cm³/mol. The molecule has 1 N–H and O–H groups in total. The van der Waals surface area contributed by atoms with Gasteiger partial charge in [0.25, 0.3) is 11.8 Å². The number of rotatable bonds is 5. The Morgan fingerprint density at radius 1 is 1.03 bits per heavy atom. The molecular weight excluding hydrogens is 409 g/mol. The van der Waals surface area contributed by atoms with Crippen LogP contribution in [0.2, 0.25) is 5.02 Å². The van der Waals surface area contributed by atoms with Crippen LogP contribution in [0, 0.1) is 5.82 Å². The molecule has 0 aromatic heterocycles. The fourth-order valence-corrected chi connectivity index (χ4v) is 3.58. The Balaban J connectivity index is 1.49. The van der Waals surface area contributed by atoms with Gasteiger partial charge in [-0.3, -0.25) is 14.4 Å². The van der Waals surface area contributed by atoms with E-state index in [1.54, 1.807) is 41.0 Å². The molecule has 0 spiro atoms. The predicted octanol–water partition coefficient (Wildman–Crippen LogP) is 2.97. The number of amides is 3. The molecule has 3 amide bonds. The van der Waals surface area contributed by atoms with E-state index in [2.05, 4.69) is 5.32 Å². The summed E-state index contributed by atoms with van der Waals surface area (Å²) in [5.41, 5.74) is 0.790. The van der Waals surface area contributed by atoms with Gasteiger partial charge >= 0.3 is 0 Å². The lowest BCUT2D eigenvalue weighted by Gasteiger charge is -2.35. The molecule has 1 unspecified atom stereocenters. The smallest absolute Gasteiger partial charge is 0.255 e. The normalized spacial score (nSPS) is 14.9. The summed E-state index contributed by atoms with van der Waals surface area (Å²) in [5, 5.41) is 2.90. The van der Waals surface area contributed by atoms with E-state index in [0.717, 1.165) is 6.07 Å². The topological polar surface area (TPSA) is 69.7 Å². The number of halogens is 2. The molecule has 8 heteroatoms. The number of carbonyl (C=O) groups excluding carboxylic acids is 3. The fourth-order valence-electron chi connectivity index (χ4n) is 3.33. The van der Waals surface area contributed by atoms with Crippen molar-refractivity contribution in [1.29, 1.82) is 0 Å². The molecule has 1 saturated heterocycles. The zero-order valence-corrected chi connectivity index (χ0v) is 17.4. The summed E-state index contributed by atoms with van der Waals surface area (Å²) in [7, 11) is 0. The lowest BCUT2D eigenvalue weighted by Crippen LogP contribution is -2.51. The van der Waals surface area contributed by atoms with Gasteiger partial charge in [-0.05, 0) is 37.3 Å². The molecule has 1 atom stereocenters. The summed E-state index contributed by atoms with van der Waals surface area (Å²) >= 11 is 5.98. The van der Waals surface area contributed by atoms with Crippen molar-refractivity contribution in [2.75, 3.05) is 26.2 Å². The summed E-state index contributed by atoms with van der Waals surface area (Å²) < 4.78 is 13.2. The molecule has 0 bridgehead atoms. The van der Waals surface area contributed by atoms with E-state index in [1.807, 2.05) is 6.07 Å². The van der Waals surface area contributed by atoms with Crippen LogP contribution in [0.1, 0.15) is 34.1 Å². The standard InChI is InChI=1S/C22H23ClFN3O3/c1-15(25-21(29)16-5-3-2-4-6-16)13-20(28)26-9-11-27(12-10-26)22(30)18-8-7-17(24)14-19(18)23/h2-8,14-15H,9-13H2,1H3,(H,25,29). The Morgan fingerprint density at radius 2 is 1.67 bits per heavy atom. The molecule has 30 heavy (non-hydrogen) atoms. The zero-order valence-electron chi connectivity index (χ0n) is 16.6.